The van der Waals surface area contributed by atoms with Gasteiger partial charge >= 0.3 is 12.1 Å². The highest BCUT2D eigenvalue weighted by atomic mass is 16.5. The number of hydrogen-bond donors (Lipinski definition) is 3. The van der Waals surface area contributed by atoms with Crippen LogP contribution in [0.4, 0.5) is 21.9 Å². The van der Waals surface area contributed by atoms with Crippen molar-refractivity contribution in [2.24, 2.45) is 0 Å². The second-order valence-electron chi connectivity index (χ2n) is 7.27. The third-order valence-corrected chi connectivity index (χ3v) is 4.55. The molecule has 3 aromatic rings. The van der Waals surface area contributed by atoms with Gasteiger partial charge in [0.1, 0.15) is 19.8 Å². The first-order chi connectivity index (χ1) is 17.9. The van der Waals surface area contributed by atoms with Gasteiger partial charge in [-0.1, -0.05) is 50.2 Å². The SMILES string of the molecule is CC.CC(=O)OCc1ccc(NC(=O)OCc2ccc(N)cc2)cc1.CNc1ccc(COC=O)cc1. The molecule has 0 saturated heterocycles. The molecular formula is C28H35N3O6. The van der Waals surface area contributed by atoms with Crippen LogP contribution in [0.5, 0.6) is 0 Å². The Morgan fingerprint density at radius 2 is 1.22 bits per heavy atom. The van der Waals surface area contributed by atoms with Gasteiger partial charge in [-0.05, 0) is 53.1 Å². The van der Waals surface area contributed by atoms with Crippen molar-refractivity contribution in [1.82, 2.24) is 0 Å². The first kappa shape index (κ1) is 30.5. The van der Waals surface area contributed by atoms with Crippen LogP contribution in [-0.2, 0) is 43.6 Å². The minimum Gasteiger partial charge on any atom is -0.463 e. The van der Waals surface area contributed by atoms with Crippen LogP contribution in [0.2, 0.25) is 0 Å². The maximum atomic E-state index is 11.7. The highest BCUT2D eigenvalue weighted by molar-refractivity contribution is 5.84. The normalized spacial score (nSPS) is 9.30. The molecule has 1 amide bonds. The van der Waals surface area contributed by atoms with Gasteiger partial charge in [-0.3, -0.25) is 14.9 Å². The van der Waals surface area contributed by atoms with Gasteiger partial charge in [-0.25, -0.2) is 4.79 Å². The van der Waals surface area contributed by atoms with Gasteiger partial charge in [0.25, 0.3) is 6.47 Å². The number of ether oxygens (including phenoxy) is 3. The average molecular weight is 510 g/mol. The number of rotatable bonds is 9. The zero-order valence-electron chi connectivity index (χ0n) is 21.7. The maximum absolute atomic E-state index is 11.7. The molecule has 0 saturated carbocycles. The van der Waals surface area contributed by atoms with E-state index in [1.165, 1.54) is 6.92 Å². The van der Waals surface area contributed by atoms with Crippen LogP contribution in [0.3, 0.4) is 0 Å². The number of nitrogens with one attached hydrogen (secondary N) is 2. The largest absolute Gasteiger partial charge is 0.463 e. The van der Waals surface area contributed by atoms with Crippen molar-refractivity contribution < 1.29 is 28.6 Å². The van der Waals surface area contributed by atoms with E-state index in [4.69, 9.17) is 15.2 Å². The summed E-state index contributed by atoms with van der Waals surface area (Å²) < 4.78 is 14.6. The number of hydrogen-bond acceptors (Lipinski definition) is 8. The van der Waals surface area contributed by atoms with Crippen molar-refractivity contribution >= 4 is 35.6 Å². The molecule has 0 atom stereocenters. The summed E-state index contributed by atoms with van der Waals surface area (Å²) in [6, 6.07) is 21.7. The summed E-state index contributed by atoms with van der Waals surface area (Å²) in [4.78, 5) is 32.3. The lowest BCUT2D eigenvalue weighted by Gasteiger charge is -2.08. The smallest absolute Gasteiger partial charge is 0.411 e. The zero-order valence-corrected chi connectivity index (χ0v) is 21.7. The summed E-state index contributed by atoms with van der Waals surface area (Å²) in [6.07, 6.45) is -0.547. The minimum atomic E-state index is -0.547. The average Bonchev–Trinajstić information content (AvgIpc) is 2.93. The van der Waals surface area contributed by atoms with Crippen LogP contribution in [0.15, 0.2) is 72.8 Å². The summed E-state index contributed by atoms with van der Waals surface area (Å²) in [5.74, 6) is -0.335. The van der Waals surface area contributed by atoms with Gasteiger partial charge in [0.15, 0.2) is 0 Å². The molecule has 0 aromatic heterocycles. The van der Waals surface area contributed by atoms with Gasteiger partial charge in [-0.15, -0.1) is 0 Å². The van der Waals surface area contributed by atoms with E-state index < -0.39 is 6.09 Å². The van der Waals surface area contributed by atoms with E-state index >= 15 is 0 Å². The van der Waals surface area contributed by atoms with Crippen molar-refractivity contribution in [3.63, 3.8) is 0 Å². The van der Waals surface area contributed by atoms with Crippen LogP contribution in [0, 0.1) is 0 Å². The maximum Gasteiger partial charge on any atom is 0.411 e. The molecule has 3 aromatic carbocycles. The lowest BCUT2D eigenvalue weighted by Crippen LogP contribution is -2.13. The van der Waals surface area contributed by atoms with Gasteiger partial charge < -0.3 is 25.3 Å². The van der Waals surface area contributed by atoms with E-state index in [-0.39, 0.29) is 19.2 Å². The van der Waals surface area contributed by atoms with Gasteiger partial charge in [0, 0.05) is 31.0 Å². The van der Waals surface area contributed by atoms with Crippen LogP contribution < -0.4 is 16.4 Å². The molecule has 0 bridgehead atoms. The lowest BCUT2D eigenvalue weighted by atomic mass is 10.2. The lowest BCUT2D eigenvalue weighted by molar-refractivity contribution is -0.142. The third-order valence-electron chi connectivity index (χ3n) is 4.55. The number of amides is 1. The highest BCUT2D eigenvalue weighted by Crippen LogP contribution is 2.12. The topological polar surface area (TPSA) is 129 Å². The number of carbonyl (C=O) groups excluding carboxylic acids is 3. The second-order valence-corrected chi connectivity index (χ2v) is 7.27. The Balaban J connectivity index is 0.000000411. The van der Waals surface area contributed by atoms with E-state index in [1.54, 1.807) is 48.5 Å². The molecule has 37 heavy (non-hydrogen) atoms. The van der Waals surface area contributed by atoms with Gasteiger partial charge in [0.2, 0.25) is 0 Å². The first-order valence-electron chi connectivity index (χ1n) is 11.7. The molecule has 9 heteroatoms. The Labute approximate surface area is 217 Å². The fourth-order valence-electron chi connectivity index (χ4n) is 2.68. The summed E-state index contributed by atoms with van der Waals surface area (Å²) in [5.41, 5.74) is 10.6. The first-order valence-corrected chi connectivity index (χ1v) is 11.7. The van der Waals surface area contributed by atoms with Crippen LogP contribution in [0.1, 0.15) is 37.5 Å². The molecule has 0 radical (unpaired) electrons. The molecule has 3 rings (SSSR count). The molecule has 0 aliphatic carbocycles. The van der Waals surface area contributed by atoms with Gasteiger partial charge in [0.05, 0.1) is 0 Å². The van der Waals surface area contributed by atoms with Crippen LogP contribution >= 0.6 is 0 Å². The quantitative estimate of drug-likeness (QED) is 0.149. The fraction of sp³-hybridized carbons (Fsp3) is 0.250. The highest BCUT2D eigenvalue weighted by Gasteiger charge is 2.04. The summed E-state index contributed by atoms with van der Waals surface area (Å²) in [6.45, 7) is 6.51. The minimum absolute atomic E-state index is 0.163. The monoisotopic (exact) mass is 509 g/mol. The summed E-state index contributed by atoms with van der Waals surface area (Å²) >= 11 is 0. The number of nitrogens with two attached hydrogens (primary N) is 1. The number of anilines is 3. The number of carbonyl (C=O) groups is 3. The Kier molecular flexibility index (Phi) is 14.7. The molecule has 0 aliphatic rings. The van der Waals surface area contributed by atoms with Crippen molar-refractivity contribution in [2.75, 3.05) is 23.4 Å². The zero-order chi connectivity index (χ0) is 27.5. The predicted octanol–water partition coefficient (Wildman–Crippen LogP) is 5.51. The Morgan fingerprint density at radius 3 is 1.70 bits per heavy atom. The molecule has 198 valence electrons. The third kappa shape index (κ3) is 13.2. The Morgan fingerprint density at radius 1 is 0.757 bits per heavy atom. The van der Waals surface area contributed by atoms with E-state index in [1.807, 2.05) is 45.2 Å². The Bertz CT molecular complexity index is 1070. The number of nitrogen functional groups attached to an aromatic ring is 1. The van der Waals surface area contributed by atoms with Crippen LogP contribution in [-0.4, -0.2) is 25.6 Å². The van der Waals surface area contributed by atoms with Crippen molar-refractivity contribution in [2.45, 2.75) is 40.6 Å². The summed E-state index contributed by atoms with van der Waals surface area (Å²) in [5, 5.41) is 5.62. The van der Waals surface area contributed by atoms with Crippen molar-refractivity contribution in [3.8, 4) is 0 Å². The van der Waals surface area contributed by atoms with E-state index in [2.05, 4.69) is 15.4 Å². The second kappa shape index (κ2) is 17.8. The number of esters is 1. The molecular weight excluding hydrogens is 474 g/mol. The van der Waals surface area contributed by atoms with E-state index in [0.717, 1.165) is 22.4 Å². The van der Waals surface area contributed by atoms with E-state index in [0.29, 0.717) is 24.5 Å². The van der Waals surface area contributed by atoms with Gasteiger partial charge in [-0.2, -0.15) is 0 Å². The van der Waals surface area contributed by atoms with E-state index in [9.17, 15) is 14.4 Å². The molecule has 0 fully saturated rings. The standard InChI is InChI=1S/C17H18N2O4.C9H11NO2.C2H6/c1-12(20)22-10-14-4-8-16(9-5-14)19-17(21)23-11-13-2-6-15(18)7-3-13;1-10-9-4-2-8(3-5-9)6-12-7-11;1-2/h2-9H,10-11,18H2,1H3,(H,19,21);2-5,7,10H,6H2,1H3;1-2H3. The summed E-state index contributed by atoms with van der Waals surface area (Å²) in [7, 11) is 1.86. The van der Waals surface area contributed by atoms with Crippen molar-refractivity contribution in [3.05, 3.63) is 89.5 Å². The van der Waals surface area contributed by atoms with Crippen molar-refractivity contribution in [1.29, 1.82) is 0 Å². The molecule has 0 unspecified atom stereocenters. The molecule has 9 nitrogen and oxygen atoms in total. The molecule has 0 aliphatic heterocycles. The fourth-order valence-corrected chi connectivity index (χ4v) is 2.68. The Hall–Kier alpha value is -4.53. The predicted molar refractivity (Wildman–Crippen MR) is 145 cm³/mol. The molecule has 4 N–H and O–H groups in total. The number of benzene rings is 3. The molecule has 0 heterocycles. The molecule has 0 spiro atoms. The van der Waals surface area contributed by atoms with Crippen LogP contribution in [0.25, 0.3) is 0 Å².